The number of hydrogen-bond donors (Lipinski definition) is 1. The number of amides is 1. The van der Waals surface area contributed by atoms with Crippen LogP contribution in [0.5, 0.6) is 0 Å². The topological polar surface area (TPSA) is 82.9 Å². The first-order valence-corrected chi connectivity index (χ1v) is 10.3. The molecule has 1 aliphatic rings. The fourth-order valence-electron chi connectivity index (χ4n) is 3.12. The summed E-state index contributed by atoms with van der Waals surface area (Å²) in [5.74, 6) is 0.311. The summed E-state index contributed by atoms with van der Waals surface area (Å²) in [5.41, 5.74) is 1.13. The summed E-state index contributed by atoms with van der Waals surface area (Å²) in [6.45, 7) is 2.15. The average molecular weight is 377 g/mol. The van der Waals surface area contributed by atoms with Gasteiger partial charge in [0.2, 0.25) is 15.9 Å². The van der Waals surface area contributed by atoms with Crippen molar-refractivity contribution in [1.29, 1.82) is 0 Å². The van der Waals surface area contributed by atoms with E-state index in [1.54, 1.807) is 12.1 Å². The molecular formula is C18H23N3O4S. The molecule has 2 heterocycles. The van der Waals surface area contributed by atoms with E-state index in [-0.39, 0.29) is 12.5 Å². The van der Waals surface area contributed by atoms with Gasteiger partial charge in [0, 0.05) is 26.2 Å². The summed E-state index contributed by atoms with van der Waals surface area (Å²) in [5, 5.41) is 2.78. The van der Waals surface area contributed by atoms with Crippen LogP contribution in [0.1, 0.15) is 11.3 Å². The second-order valence-corrected chi connectivity index (χ2v) is 8.34. The van der Waals surface area contributed by atoms with Crippen LogP contribution in [-0.2, 0) is 27.9 Å². The van der Waals surface area contributed by atoms with Gasteiger partial charge in [-0.2, -0.15) is 4.31 Å². The Morgan fingerprint density at radius 2 is 1.96 bits per heavy atom. The van der Waals surface area contributed by atoms with Crippen molar-refractivity contribution >= 4 is 15.9 Å². The molecule has 0 saturated carbocycles. The minimum absolute atomic E-state index is 0.235. The van der Waals surface area contributed by atoms with Crippen molar-refractivity contribution in [2.45, 2.75) is 19.1 Å². The van der Waals surface area contributed by atoms with Crippen molar-refractivity contribution in [3.63, 3.8) is 0 Å². The van der Waals surface area contributed by atoms with Crippen LogP contribution in [0.25, 0.3) is 0 Å². The van der Waals surface area contributed by atoms with E-state index in [1.807, 2.05) is 30.3 Å². The summed E-state index contributed by atoms with van der Waals surface area (Å²) in [6, 6.07) is 12.7. The summed E-state index contributed by atoms with van der Waals surface area (Å²) in [7, 11) is -3.47. The van der Waals surface area contributed by atoms with E-state index in [4.69, 9.17) is 4.42 Å². The third-order valence-corrected chi connectivity index (χ3v) is 5.70. The predicted molar refractivity (Wildman–Crippen MR) is 97.6 cm³/mol. The molecule has 1 aliphatic heterocycles. The Labute approximate surface area is 153 Å². The summed E-state index contributed by atoms with van der Waals surface area (Å²) < 4.78 is 30.7. The molecule has 1 aromatic carbocycles. The molecule has 1 fully saturated rings. The lowest BCUT2D eigenvalue weighted by Gasteiger charge is -2.39. The number of carbonyl (C=O) groups excluding carboxylic acids is 1. The maximum atomic E-state index is 12.7. The van der Waals surface area contributed by atoms with Gasteiger partial charge in [0.1, 0.15) is 11.8 Å². The van der Waals surface area contributed by atoms with Crippen molar-refractivity contribution in [3.8, 4) is 0 Å². The van der Waals surface area contributed by atoms with Gasteiger partial charge in [-0.1, -0.05) is 30.3 Å². The molecular weight excluding hydrogens is 354 g/mol. The van der Waals surface area contributed by atoms with Crippen LogP contribution in [0, 0.1) is 0 Å². The van der Waals surface area contributed by atoms with Crippen molar-refractivity contribution in [2.24, 2.45) is 0 Å². The Morgan fingerprint density at radius 1 is 1.19 bits per heavy atom. The molecule has 1 aromatic heterocycles. The van der Waals surface area contributed by atoms with Crippen molar-refractivity contribution < 1.29 is 17.6 Å². The van der Waals surface area contributed by atoms with Gasteiger partial charge in [-0.3, -0.25) is 9.69 Å². The fourth-order valence-corrected chi connectivity index (χ4v) is 4.16. The first kappa shape index (κ1) is 18.6. The van der Waals surface area contributed by atoms with Crippen molar-refractivity contribution in [1.82, 2.24) is 14.5 Å². The third-order valence-electron chi connectivity index (χ3n) is 4.41. The van der Waals surface area contributed by atoms with E-state index in [9.17, 15) is 13.2 Å². The van der Waals surface area contributed by atoms with Gasteiger partial charge in [-0.05, 0) is 17.7 Å². The molecule has 0 radical (unpaired) electrons. The number of nitrogens with one attached hydrogen (secondary N) is 1. The first-order chi connectivity index (χ1) is 12.4. The number of nitrogens with zero attached hydrogens (tertiary/aromatic N) is 2. The lowest BCUT2D eigenvalue weighted by atomic mass is 10.1. The zero-order valence-electron chi connectivity index (χ0n) is 14.7. The van der Waals surface area contributed by atoms with Crippen LogP contribution >= 0.6 is 0 Å². The van der Waals surface area contributed by atoms with Gasteiger partial charge in [-0.15, -0.1) is 0 Å². The largest absolute Gasteiger partial charge is 0.467 e. The van der Waals surface area contributed by atoms with E-state index in [2.05, 4.69) is 10.2 Å². The number of sulfonamides is 1. The number of piperazine rings is 1. The van der Waals surface area contributed by atoms with Crippen LogP contribution in [0.2, 0.25) is 0 Å². The number of hydrogen-bond acceptors (Lipinski definition) is 5. The predicted octanol–water partition coefficient (Wildman–Crippen LogP) is 1.04. The van der Waals surface area contributed by atoms with Gasteiger partial charge in [0.05, 0.1) is 19.1 Å². The van der Waals surface area contributed by atoms with Crippen molar-refractivity contribution in [3.05, 3.63) is 60.1 Å². The highest BCUT2D eigenvalue weighted by atomic mass is 32.2. The molecule has 0 spiro atoms. The number of furan rings is 1. The summed E-state index contributed by atoms with van der Waals surface area (Å²) in [6.07, 6.45) is 2.68. The third kappa shape index (κ3) is 4.72. The van der Waals surface area contributed by atoms with E-state index >= 15 is 0 Å². The van der Waals surface area contributed by atoms with Crippen LogP contribution in [0.3, 0.4) is 0 Å². The van der Waals surface area contributed by atoms with Gasteiger partial charge in [0.25, 0.3) is 0 Å². The molecule has 8 heteroatoms. The van der Waals surface area contributed by atoms with Gasteiger partial charge < -0.3 is 9.73 Å². The van der Waals surface area contributed by atoms with Gasteiger partial charge in [-0.25, -0.2) is 8.42 Å². The standard InChI is InChI=1S/C18H23N3O4S/c1-26(23,24)21-10-9-20(13-15-6-3-2-4-7-15)14-17(21)18(22)19-12-16-8-5-11-25-16/h2-8,11,17H,9-10,12-14H2,1H3,(H,19,22). The summed E-state index contributed by atoms with van der Waals surface area (Å²) >= 11 is 0. The zero-order valence-corrected chi connectivity index (χ0v) is 15.5. The molecule has 3 rings (SSSR count). The molecule has 0 bridgehead atoms. The molecule has 1 unspecified atom stereocenters. The molecule has 1 atom stereocenters. The SMILES string of the molecule is CS(=O)(=O)N1CCN(Cc2ccccc2)CC1C(=O)NCc1ccco1. The van der Waals surface area contributed by atoms with Crippen LogP contribution in [0.4, 0.5) is 0 Å². The van der Waals surface area contributed by atoms with Crippen LogP contribution < -0.4 is 5.32 Å². The molecule has 1 amide bonds. The summed E-state index contributed by atoms with van der Waals surface area (Å²) in [4.78, 5) is 14.8. The van der Waals surface area contributed by atoms with Crippen LogP contribution in [0.15, 0.2) is 53.1 Å². The lowest BCUT2D eigenvalue weighted by molar-refractivity contribution is -0.126. The highest BCUT2D eigenvalue weighted by Gasteiger charge is 2.37. The molecule has 1 N–H and O–H groups in total. The number of benzene rings is 1. The second-order valence-electron chi connectivity index (χ2n) is 6.41. The normalized spacial score (nSPS) is 19.3. The van der Waals surface area contributed by atoms with Crippen molar-refractivity contribution in [2.75, 3.05) is 25.9 Å². The molecule has 26 heavy (non-hydrogen) atoms. The zero-order chi connectivity index (χ0) is 18.6. The maximum Gasteiger partial charge on any atom is 0.240 e. The minimum atomic E-state index is -3.47. The molecule has 140 valence electrons. The molecule has 2 aromatic rings. The quantitative estimate of drug-likeness (QED) is 0.813. The lowest BCUT2D eigenvalue weighted by Crippen LogP contribution is -2.59. The molecule has 1 saturated heterocycles. The highest BCUT2D eigenvalue weighted by molar-refractivity contribution is 7.88. The smallest absolute Gasteiger partial charge is 0.240 e. The monoisotopic (exact) mass is 377 g/mol. The second kappa shape index (κ2) is 8.03. The minimum Gasteiger partial charge on any atom is -0.467 e. The van der Waals surface area contributed by atoms with E-state index in [0.717, 1.165) is 11.8 Å². The Kier molecular flexibility index (Phi) is 5.75. The number of carbonyl (C=O) groups is 1. The van der Waals surface area contributed by atoms with Gasteiger partial charge >= 0.3 is 0 Å². The van der Waals surface area contributed by atoms with E-state index < -0.39 is 16.1 Å². The van der Waals surface area contributed by atoms with Crippen LogP contribution in [-0.4, -0.2) is 55.5 Å². The fraction of sp³-hybridized carbons (Fsp3) is 0.389. The highest BCUT2D eigenvalue weighted by Crippen LogP contribution is 2.16. The average Bonchev–Trinajstić information content (AvgIpc) is 3.13. The maximum absolute atomic E-state index is 12.7. The van der Waals surface area contributed by atoms with E-state index in [1.165, 1.54) is 10.6 Å². The Morgan fingerprint density at radius 3 is 2.62 bits per heavy atom. The molecule has 7 nitrogen and oxygen atoms in total. The molecule has 0 aliphatic carbocycles. The van der Waals surface area contributed by atoms with E-state index in [0.29, 0.717) is 31.9 Å². The Hall–Kier alpha value is -2.16. The van der Waals surface area contributed by atoms with Gasteiger partial charge in [0.15, 0.2) is 0 Å². The number of rotatable bonds is 6. The first-order valence-electron chi connectivity index (χ1n) is 8.46. The Bertz CT molecular complexity index is 821. The Balaban J connectivity index is 1.69.